The van der Waals surface area contributed by atoms with Crippen LogP contribution in [0.4, 0.5) is 0 Å². The largest absolute Gasteiger partial charge is 1.00 e. The number of halogens is 1. The molecule has 1 unspecified atom stereocenters. The summed E-state index contributed by atoms with van der Waals surface area (Å²) in [5.41, 5.74) is 5.74. The molecule has 1 aliphatic rings. The second-order valence-electron chi connectivity index (χ2n) is 9.05. The molecule has 5 heterocycles. The van der Waals surface area contributed by atoms with E-state index in [0.29, 0.717) is 0 Å². The van der Waals surface area contributed by atoms with Gasteiger partial charge >= 0.3 is 18.9 Å². The molecule has 0 spiro atoms. The molecule has 9 N–H and O–H groups in total. The van der Waals surface area contributed by atoms with Crippen LogP contribution in [0.3, 0.4) is 0 Å². The molecule has 0 saturated carbocycles. The van der Waals surface area contributed by atoms with E-state index in [9.17, 15) is 0 Å². The van der Waals surface area contributed by atoms with E-state index < -0.39 is 14.4 Å². The van der Waals surface area contributed by atoms with Crippen molar-refractivity contribution in [2.45, 2.75) is 73.4 Å². The Hall–Kier alpha value is -3.14. The van der Waals surface area contributed by atoms with Crippen molar-refractivity contribution in [1.82, 2.24) is 40.8 Å². The number of nitrogens with zero attached hydrogens (tertiary/aromatic N) is 4. The molecule has 0 aromatic carbocycles. The summed E-state index contributed by atoms with van der Waals surface area (Å²) < 4.78 is 5.85. The van der Waals surface area contributed by atoms with Gasteiger partial charge in [0, 0.05) is 44.4 Å². The van der Waals surface area contributed by atoms with Crippen LogP contribution in [0.25, 0.3) is 0 Å². The van der Waals surface area contributed by atoms with Gasteiger partial charge in [0.15, 0.2) is 6.29 Å². The van der Waals surface area contributed by atoms with Crippen molar-refractivity contribution < 1.29 is 44.8 Å². The number of H-pyrrole nitrogens is 4. The predicted octanol–water partition coefficient (Wildman–Crippen LogP) is 1.41. The third-order valence-corrected chi connectivity index (χ3v) is 5.66. The molecule has 4 aromatic heterocycles. The maximum Gasteiger partial charge on any atom is 1.00 e. The average Bonchev–Trinajstić information content (AvgIpc) is 3.83. The van der Waals surface area contributed by atoms with Gasteiger partial charge in [-0.15, -0.1) is 24.3 Å². The van der Waals surface area contributed by atoms with E-state index in [1.165, 1.54) is 5.56 Å². The van der Waals surface area contributed by atoms with Crippen LogP contribution in [-0.4, -0.2) is 89.5 Å². The second kappa shape index (κ2) is 39.0. The van der Waals surface area contributed by atoms with Gasteiger partial charge in [0.25, 0.3) is 0 Å². The molecule has 1 saturated heterocycles. The molecule has 16 heteroatoms. The minimum atomic E-state index is -1.10. The first kappa shape index (κ1) is 56.2. The number of ether oxygens (including phenoxy) is 1. The van der Waals surface area contributed by atoms with Crippen LogP contribution in [0.15, 0.2) is 49.6 Å². The summed E-state index contributed by atoms with van der Waals surface area (Å²) in [4.78, 5) is 0. The van der Waals surface area contributed by atoms with Crippen LogP contribution >= 0.6 is 22.6 Å². The van der Waals surface area contributed by atoms with Gasteiger partial charge in [0.2, 0.25) is 0 Å². The standard InChI is InChI=1S/C6H6N2.C5H8N2.C5H4N2.C5H10Si.C4H8O2.C3H3IN2.C2H6O.CH4.Li.2H2O/c1-2-3-6-4-7-8-5-6;2*1-2-5-3-6-7-4-5;1-5-6(2,3)4;5-4-2-1-3-6-4;4-3-1-5-6-2-3;1-2-3;;;;/h4-5H,1H3,(H,7,8);3-4H,2H2,1H3,(H,6,7);1,3-4H,(H,6,7);1H,2-4H3;4-5H,1-3H2;1-2H,(H,5,6);3H,2H2,1H3;1H4;;2*1H2/q;;;;;;;;+1;;/p-1. The second-order valence-corrected chi connectivity index (χ2v) is 15.1. The first-order valence-corrected chi connectivity index (χ1v) is 18.0. The summed E-state index contributed by atoms with van der Waals surface area (Å²) in [6.45, 7) is 13.0. The zero-order valence-electron chi connectivity index (χ0n) is 27.8. The first-order chi connectivity index (χ1) is 20.6. The van der Waals surface area contributed by atoms with E-state index in [0.717, 1.165) is 40.6 Å². The molecular formula is C31H52ILiN8O5Si. The zero-order chi connectivity index (χ0) is 32.8. The number of hydrogen-bond acceptors (Lipinski definition) is 8. The number of aryl methyl sites for hydroxylation is 1. The van der Waals surface area contributed by atoms with Gasteiger partial charge in [-0.3, -0.25) is 20.4 Å². The summed E-state index contributed by atoms with van der Waals surface area (Å²) in [6.07, 6.45) is 26.6. The van der Waals surface area contributed by atoms with Crippen molar-refractivity contribution in [3.63, 3.8) is 0 Å². The Kier molecular flexibility index (Phi) is 46.7. The first-order valence-electron chi connectivity index (χ1n) is 13.4. The maximum atomic E-state index is 8.51. The van der Waals surface area contributed by atoms with Gasteiger partial charge in [-0.2, -0.15) is 20.4 Å². The molecule has 1 atom stereocenters. The summed E-state index contributed by atoms with van der Waals surface area (Å²) in [7, 11) is -1.10. The SMILES string of the molecule is C.C#C[Si](C)(C)C.C#Cc1cn[nH]c1.CC#Cc1cn[nH]c1.CCO.CCc1cn[nH]c1.Ic1cn[nH]c1.O.OC1CCCO1.[Li+].[OH-]. The van der Waals surface area contributed by atoms with Gasteiger partial charge in [-0.1, -0.05) is 45.8 Å². The molecule has 1 aliphatic heterocycles. The Morgan fingerprint density at radius 1 is 0.936 bits per heavy atom. The number of rotatable bonds is 1. The van der Waals surface area contributed by atoms with E-state index in [2.05, 4.69) is 113 Å². The average molecular weight is 779 g/mol. The Balaban J connectivity index is -0.000000104. The molecule has 5 rings (SSSR count). The Morgan fingerprint density at radius 2 is 1.40 bits per heavy atom. The molecule has 258 valence electrons. The smallest absolute Gasteiger partial charge is 0.870 e. The van der Waals surface area contributed by atoms with Crippen molar-refractivity contribution in [3.05, 3.63) is 69.8 Å². The van der Waals surface area contributed by atoms with Gasteiger partial charge in [0.05, 0.1) is 39.5 Å². The summed E-state index contributed by atoms with van der Waals surface area (Å²) in [5.74, 6) is 8.02. The van der Waals surface area contributed by atoms with Gasteiger partial charge in [-0.05, 0) is 54.8 Å². The van der Waals surface area contributed by atoms with Crippen LogP contribution in [0.5, 0.6) is 0 Å². The van der Waals surface area contributed by atoms with E-state index in [1.807, 2.05) is 18.6 Å². The van der Waals surface area contributed by atoms with Crippen LogP contribution in [0.1, 0.15) is 57.7 Å². The maximum absolute atomic E-state index is 8.51. The number of aromatic nitrogens is 8. The van der Waals surface area contributed by atoms with Crippen molar-refractivity contribution in [3.8, 4) is 36.2 Å². The fraction of sp³-hybridized carbons (Fsp3) is 0.419. The summed E-state index contributed by atoms with van der Waals surface area (Å²) in [5, 5.41) is 41.5. The van der Waals surface area contributed by atoms with Crippen molar-refractivity contribution >= 4 is 30.7 Å². The summed E-state index contributed by atoms with van der Waals surface area (Å²) in [6, 6.07) is 0. The zero-order valence-corrected chi connectivity index (χ0v) is 31.0. The molecule has 0 radical (unpaired) electrons. The molecule has 4 aromatic rings. The van der Waals surface area contributed by atoms with Gasteiger partial charge in [0.1, 0.15) is 8.07 Å². The molecule has 1 fully saturated rings. The van der Waals surface area contributed by atoms with Crippen LogP contribution in [-0.2, 0) is 11.2 Å². The van der Waals surface area contributed by atoms with Crippen molar-refractivity contribution in [2.75, 3.05) is 13.2 Å². The van der Waals surface area contributed by atoms with E-state index in [1.54, 1.807) is 44.8 Å². The number of aliphatic hydroxyl groups is 2. The van der Waals surface area contributed by atoms with Crippen molar-refractivity contribution in [1.29, 1.82) is 0 Å². The quantitative estimate of drug-likeness (QED) is 0.0939. The molecule has 0 bridgehead atoms. The van der Waals surface area contributed by atoms with Crippen LogP contribution in [0, 0.1) is 39.7 Å². The molecule has 47 heavy (non-hydrogen) atoms. The van der Waals surface area contributed by atoms with E-state index in [4.69, 9.17) is 27.8 Å². The fourth-order valence-corrected chi connectivity index (χ4v) is 2.34. The number of hydrogen-bond donors (Lipinski definition) is 6. The number of aromatic amines is 4. The third-order valence-electron chi connectivity index (χ3n) is 4.20. The van der Waals surface area contributed by atoms with Gasteiger partial charge < -0.3 is 25.9 Å². The summed E-state index contributed by atoms with van der Waals surface area (Å²) >= 11 is 2.18. The number of nitrogens with one attached hydrogen (secondary N) is 4. The Bertz CT molecular complexity index is 1260. The molecule has 0 amide bonds. The minimum Gasteiger partial charge on any atom is -0.870 e. The van der Waals surface area contributed by atoms with E-state index in [-0.39, 0.29) is 43.8 Å². The van der Waals surface area contributed by atoms with E-state index >= 15 is 0 Å². The predicted molar refractivity (Wildman–Crippen MR) is 195 cm³/mol. The molecular weight excluding hydrogens is 726 g/mol. The van der Waals surface area contributed by atoms with Crippen molar-refractivity contribution in [2.24, 2.45) is 0 Å². The van der Waals surface area contributed by atoms with Gasteiger partial charge in [-0.25, -0.2) is 0 Å². The topological polar surface area (TPSA) is 226 Å². The molecule has 0 aliphatic carbocycles. The minimum absolute atomic E-state index is 0. The van der Waals surface area contributed by atoms with Crippen LogP contribution in [0.2, 0.25) is 19.6 Å². The monoisotopic (exact) mass is 778 g/mol. The molecule has 13 nitrogen and oxygen atoms in total. The Labute approximate surface area is 307 Å². The Morgan fingerprint density at radius 3 is 1.60 bits per heavy atom. The number of aliphatic hydroxyl groups excluding tert-OH is 2. The number of terminal acetylenes is 2. The van der Waals surface area contributed by atoms with Crippen LogP contribution < -0.4 is 18.9 Å². The third kappa shape index (κ3) is 40.8. The fourth-order valence-electron chi connectivity index (χ4n) is 2.06. The normalized spacial score (nSPS) is 11.1.